The first-order chi connectivity index (χ1) is 18.8. The summed E-state index contributed by atoms with van der Waals surface area (Å²) in [4.78, 5) is 13.0. The van der Waals surface area contributed by atoms with Gasteiger partial charge in [-0.15, -0.1) is 0 Å². The molecule has 39 heavy (non-hydrogen) atoms. The van der Waals surface area contributed by atoms with Crippen molar-refractivity contribution in [2.45, 2.75) is 38.9 Å². The van der Waals surface area contributed by atoms with E-state index in [-0.39, 0.29) is 23.2 Å². The van der Waals surface area contributed by atoms with Crippen molar-refractivity contribution in [3.05, 3.63) is 117 Å². The van der Waals surface area contributed by atoms with Gasteiger partial charge >= 0.3 is 0 Å². The van der Waals surface area contributed by atoms with Crippen LogP contribution < -0.4 is 10.6 Å². The minimum absolute atomic E-state index is 0.0611. The van der Waals surface area contributed by atoms with Crippen LogP contribution in [0.5, 0.6) is 0 Å². The SMILES string of the molecule is Cc1ccc(C(C)NCc2ccc(-c3cc(F)c(Cl)c(C(=O)N[C@@H](CO)Cc4ccc(C#N)cc4)c3)o2)cc1. The van der Waals surface area contributed by atoms with Crippen molar-refractivity contribution in [1.82, 2.24) is 10.6 Å². The van der Waals surface area contributed by atoms with Crippen molar-refractivity contribution in [2.75, 3.05) is 6.61 Å². The molecular formula is C31H29ClFN3O3. The van der Waals surface area contributed by atoms with Gasteiger partial charge in [0.15, 0.2) is 0 Å². The van der Waals surface area contributed by atoms with Crippen molar-refractivity contribution >= 4 is 17.5 Å². The molecule has 0 aliphatic heterocycles. The monoisotopic (exact) mass is 545 g/mol. The molecule has 1 heterocycles. The first kappa shape index (κ1) is 28.1. The molecule has 0 saturated carbocycles. The van der Waals surface area contributed by atoms with Crippen LogP contribution in [0.4, 0.5) is 4.39 Å². The van der Waals surface area contributed by atoms with E-state index in [1.807, 2.05) is 13.0 Å². The molecule has 4 rings (SSSR count). The standard InChI is InChI=1S/C31H29ClFN3O3/c1-19-3-9-23(10-4-19)20(2)35-17-26-11-12-29(39-26)24-14-27(30(32)28(33)15-24)31(38)36-25(18-37)13-21-5-7-22(16-34)8-6-21/h3-12,14-15,20,25,35,37H,13,17-18H2,1-2H3,(H,36,38)/t20?,25-/m1/s1. The lowest BCUT2D eigenvalue weighted by molar-refractivity contribution is 0.0916. The topological polar surface area (TPSA) is 98.3 Å². The number of nitrogens with zero attached hydrogens (tertiary/aromatic N) is 1. The fraction of sp³-hybridized carbons (Fsp3) is 0.226. The van der Waals surface area contributed by atoms with Gasteiger partial charge < -0.3 is 20.2 Å². The van der Waals surface area contributed by atoms with Crippen LogP contribution in [-0.2, 0) is 13.0 Å². The molecule has 0 aliphatic carbocycles. The Hall–Kier alpha value is -3.96. The van der Waals surface area contributed by atoms with Gasteiger partial charge in [0.1, 0.15) is 17.3 Å². The number of aliphatic hydroxyl groups is 1. The first-order valence-electron chi connectivity index (χ1n) is 12.6. The number of aliphatic hydroxyl groups excluding tert-OH is 1. The lowest BCUT2D eigenvalue weighted by atomic mass is 10.0. The number of amides is 1. The van der Waals surface area contributed by atoms with Crippen LogP contribution in [0.2, 0.25) is 5.02 Å². The number of halogens is 2. The second-order valence-corrected chi connectivity index (χ2v) is 9.84. The van der Waals surface area contributed by atoms with Gasteiger partial charge in [0.25, 0.3) is 5.91 Å². The van der Waals surface area contributed by atoms with E-state index in [2.05, 4.69) is 41.8 Å². The fourth-order valence-electron chi connectivity index (χ4n) is 4.18. The minimum Gasteiger partial charge on any atom is -0.460 e. The Labute approximate surface area is 232 Å². The predicted molar refractivity (Wildman–Crippen MR) is 149 cm³/mol. The van der Waals surface area contributed by atoms with Gasteiger partial charge in [0.2, 0.25) is 0 Å². The molecule has 1 unspecified atom stereocenters. The smallest absolute Gasteiger partial charge is 0.253 e. The van der Waals surface area contributed by atoms with Crippen LogP contribution in [0.25, 0.3) is 11.3 Å². The molecule has 0 radical (unpaired) electrons. The normalized spacial score (nSPS) is 12.5. The zero-order valence-electron chi connectivity index (χ0n) is 21.7. The van der Waals surface area contributed by atoms with Crippen LogP contribution in [0.3, 0.4) is 0 Å². The zero-order valence-corrected chi connectivity index (χ0v) is 22.4. The highest BCUT2D eigenvalue weighted by Crippen LogP contribution is 2.30. The van der Waals surface area contributed by atoms with Crippen LogP contribution in [0.1, 0.15) is 51.3 Å². The molecule has 200 valence electrons. The fourth-order valence-corrected chi connectivity index (χ4v) is 4.37. The summed E-state index contributed by atoms with van der Waals surface area (Å²) >= 11 is 6.16. The summed E-state index contributed by atoms with van der Waals surface area (Å²) in [5.74, 6) is -0.311. The minimum atomic E-state index is -0.754. The second kappa shape index (κ2) is 12.7. The van der Waals surface area contributed by atoms with Crippen LogP contribution in [0.15, 0.2) is 77.2 Å². The Kier molecular flexibility index (Phi) is 9.15. The maximum absolute atomic E-state index is 14.8. The van der Waals surface area contributed by atoms with E-state index in [0.29, 0.717) is 35.6 Å². The van der Waals surface area contributed by atoms with Crippen molar-refractivity contribution in [3.8, 4) is 17.4 Å². The highest BCUT2D eigenvalue weighted by Gasteiger charge is 2.21. The zero-order chi connectivity index (χ0) is 27.9. The molecule has 0 fully saturated rings. The largest absolute Gasteiger partial charge is 0.460 e. The molecule has 0 bridgehead atoms. The molecule has 1 amide bonds. The number of hydrogen-bond donors (Lipinski definition) is 3. The van der Waals surface area contributed by atoms with Crippen LogP contribution in [-0.4, -0.2) is 23.7 Å². The number of aryl methyl sites for hydroxylation is 1. The highest BCUT2D eigenvalue weighted by atomic mass is 35.5. The summed E-state index contributed by atoms with van der Waals surface area (Å²) in [6, 6.07) is 22.9. The van der Waals surface area contributed by atoms with Gasteiger partial charge in [-0.2, -0.15) is 5.26 Å². The van der Waals surface area contributed by atoms with Crippen molar-refractivity contribution in [2.24, 2.45) is 0 Å². The average molecular weight is 546 g/mol. The summed E-state index contributed by atoms with van der Waals surface area (Å²) in [5, 5.41) is 24.6. The first-order valence-corrected chi connectivity index (χ1v) is 12.9. The molecular weight excluding hydrogens is 517 g/mol. The van der Waals surface area contributed by atoms with Crippen LogP contribution >= 0.6 is 11.6 Å². The molecule has 1 aromatic heterocycles. The Balaban J connectivity index is 1.45. The van der Waals surface area contributed by atoms with E-state index in [1.165, 1.54) is 17.7 Å². The third-order valence-corrected chi connectivity index (χ3v) is 6.88. The van der Waals surface area contributed by atoms with E-state index in [1.54, 1.807) is 36.4 Å². The van der Waals surface area contributed by atoms with Gasteiger partial charge in [-0.3, -0.25) is 4.79 Å². The third-order valence-electron chi connectivity index (χ3n) is 6.50. The number of benzene rings is 3. The van der Waals surface area contributed by atoms with Gasteiger partial charge in [-0.1, -0.05) is 53.6 Å². The van der Waals surface area contributed by atoms with Crippen molar-refractivity contribution < 1.29 is 18.7 Å². The number of nitriles is 1. The van der Waals surface area contributed by atoms with Crippen LogP contribution in [0, 0.1) is 24.1 Å². The average Bonchev–Trinajstić information content (AvgIpc) is 3.42. The van der Waals surface area contributed by atoms with Gasteiger partial charge in [-0.25, -0.2) is 4.39 Å². The predicted octanol–water partition coefficient (Wildman–Crippen LogP) is 6.10. The Morgan fingerprint density at radius 2 is 1.82 bits per heavy atom. The molecule has 4 aromatic rings. The van der Waals surface area contributed by atoms with Gasteiger partial charge in [0, 0.05) is 11.6 Å². The number of rotatable bonds is 10. The van der Waals surface area contributed by atoms with E-state index in [0.717, 1.165) is 11.1 Å². The molecule has 0 spiro atoms. The maximum Gasteiger partial charge on any atom is 0.253 e. The van der Waals surface area contributed by atoms with E-state index < -0.39 is 17.8 Å². The summed E-state index contributed by atoms with van der Waals surface area (Å²) in [5.41, 5.74) is 4.00. The molecule has 8 heteroatoms. The number of carbonyl (C=O) groups is 1. The number of hydrogen-bond acceptors (Lipinski definition) is 5. The summed E-state index contributed by atoms with van der Waals surface area (Å²) < 4.78 is 20.7. The molecule has 2 atom stereocenters. The number of carbonyl (C=O) groups excluding carboxylic acids is 1. The van der Waals surface area contributed by atoms with Crippen molar-refractivity contribution in [1.29, 1.82) is 5.26 Å². The Bertz CT molecular complexity index is 1480. The van der Waals surface area contributed by atoms with Gasteiger partial charge in [-0.05, 0) is 67.8 Å². The summed E-state index contributed by atoms with van der Waals surface area (Å²) in [7, 11) is 0. The summed E-state index contributed by atoms with van der Waals surface area (Å²) in [6.45, 7) is 4.24. The summed E-state index contributed by atoms with van der Waals surface area (Å²) in [6.07, 6.45) is 0.323. The third kappa shape index (κ3) is 7.12. The second-order valence-electron chi connectivity index (χ2n) is 9.46. The van der Waals surface area contributed by atoms with Gasteiger partial charge in [0.05, 0.1) is 41.4 Å². The van der Waals surface area contributed by atoms with E-state index in [9.17, 15) is 14.3 Å². The molecule has 0 aliphatic rings. The van der Waals surface area contributed by atoms with E-state index in [4.69, 9.17) is 21.3 Å². The quantitative estimate of drug-likeness (QED) is 0.223. The molecule has 6 nitrogen and oxygen atoms in total. The molecule has 0 saturated heterocycles. The highest BCUT2D eigenvalue weighted by molar-refractivity contribution is 6.34. The Morgan fingerprint density at radius 3 is 2.49 bits per heavy atom. The maximum atomic E-state index is 14.8. The molecule has 3 N–H and O–H groups in total. The lowest BCUT2D eigenvalue weighted by Crippen LogP contribution is -2.39. The number of nitrogens with one attached hydrogen (secondary N) is 2. The number of furan rings is 1. The Morgan fingerprint density at radius 1 is 1.10 bits per heavy atom. The van der Waals surface area contributed by atoms with Crippen molar-refractivity contribution in [3.63, 3.8) is 0 Å². The van der Waals surface area contributed by atoms with E-state index >= 15 is 0 Å². The lowest BCUT2D eigenvalue weighted by Gasteiger charge is -2.17. The molecule has 3 aromatic carbocycles.